The lowest BCUT2D eigenvalue weighted by Crippen LogP contribution is -2.54. The molecule has 8 nitrogen and oxygen atoms in total. The molecule has 1 aromatic rings. The zero-order valence-electron chi connectivity index (χ0n) is 14.2. The zero-order chi connectivity index (χ0) is 18.4. The van der Waals surface area contributed by atoms with Crippen molar-refractivity contribution in [1.82, 2.24) is 10.2 Å². The molecule has 0 saturated carbocycles. The summed E-state index contributed by atoms with van der Waals surface area (Å²) >= 11 is 0. The van der Waals surface area contributed by atoms with Crippen LogP contribution in [0.2, 0.25) is 0 Å². The maximum Gasteiger partial charge on any atom is 0.262 e. The standard InChI is InChI=1S/C18H20N4O4/c19-10-5-7-21(8-6-10)11-1-2-12-13(9-11)18(26)22(17(12)25)14-3-4-15(23)20-16(14)24/h1-2,9-10,14H,3-8,19H2,(H,20,23,24)/t14-/m0/s1. The van der Waals surface area contributed by atoms with Gasteiger partial charge in [0.2, 0.25) is 11.8 Å². The minimum absolute atomic E-state index is 0.114. The van der Waals surface area contributed by atoms with Crippen LogP contribution in [0.3, 0.4) is 0 Å². The molecule has 3 heterocycles. The summed E-state index contributed by atoms with van der Waals surface area (Å²) in [4.78, 5) is 52.0. The fraction of sp³-hybridized carbons (Fsp3) is 0.444. The van der Waals surface area contributed by atoms with Gasteiger partial charge in [0.05, 0.1) is 11.1 Å². The molecule has 0 unspecified atom stereocenters. The molecule has 1 atom stereocenters. The van der Waals surface area contributed by atoms with Crippen molar-refractivity contribution in [3.05, 3.63) is 29.3 Å². The summed E-state index contributed by atoms with van der Waals surface area (Å²) in [5.41, 5.74) is 7.43. The van der Waals surface area contributed by atoms with Gasteiger partial charge in [0.25, 0.3) is 11.8 Å². The minimum atomic E-state index is -0.934. The lowest BCUT2D eigenvalue weighted by molar-refractivity contribution is -0.136. The third-order valence-corrected chi connectivity index (χ3v) is 5.33. The average molecular weight is 356 g/mol. The number of carbonyl (C=O) groups is 4. The number of piperidine rings is 2. The number of nitrogens with one attached hydrogen (secondary N) is 1. The van der Waals surface area contributed by atoms with E-state index in [1.165, 1.54) is 0 Å². The van der Waals surface area contributed by atoms with Crippen LogP contribution in [-0.4, -0.2) is 53.7 Å². The van der Waals surface area contributed by atoms with E-state index in [0.717, 1.165) is 36.5 Å². The Morgan fingerprint density at radius 1 is 0.962 bits per heavy atom. The van der Waals surface area contributed by atoms with Gasteiger partial charge in [-0.1, -0.05) is 0 Å². The Bertz CT molecular complexity index is 813. The molecule has 3 aliphatic heterocycles. The van der Waals surface area contributed by atoms with E-state index in [2.05, 4.69) is 10.2 Å². The second-order valence-electron chi connectivity index (χ2n) is 7.00. The number of nitrogens with zero attached hydrogens (tertiary/aromatic N) is 2. The van der Waals surface area contributed by atoms with Crippen LogP contribution in [0.15, 0.2) is 18.2 Å². The number of nitrogens with two attached hydrogens (primary N) is 1. The summed E-state index contributed by atoms with van der Waals surface area (Å²) in [6, 6.07) is 4.46. The number of imide groups is 2. The number of hydrogen-bond acceptors (Lipinski definition) is 6. The maximum atomic E-state index is 12.8. The van der Waals surface area contributed by atoms with Gasteiger partial charge in [-0.15, -0.1) is 0 Å². The fourth-order valence-electron chi connectivity index (χ4n) is 3.81. The third kappa shape index (κ3) is 2.66. The number of anilines is 1. The van der Waals surface area contributed by atoms with Gasteiger partial charge in [-0.05, 0) is 37.5 Å². The number of rotatable bonds is 2. The number of hydrogen-bond donors (Lipinski definition) is 2. The number of amides is 4. The first-order valence-electron chi connectivity index (χ1n) is 8.82. The smallest absolute Gasteiger partial charge is 0.262 e. The largest absolute Gasteiger partial charge is 0.371 e. The summed E-state index contributed by atoms with van der Waals surface area (Å²) in [5, 5.41) is 2.20. The molecule has 0 aliphatic carbocycles. The van der Waals surface area contributed by atoms with E-state index >= 15 is 0 Å². The molecule has 0 aromatic heterocycles. The molecule has 0 spiro atoms. The predicted octanol–water partition coefficient (Wildman–Crippen LogP) is 0.0153. The molecule has 136 valence electrons. The first kappa shape index (κ1) is 16.7. The van der Waals surface area contributed by atoms with Gasteiger partial charge < -0.3 is 10.6 Å². The Balaban J connectivity index is 1.60. The van der Waals surface area contributed by atoms with Gasteiger partial charge >= 0.3 is 0 Å². The van der Waals surface area contributed by atoms with E-state index < -0.39 is 23.8 Å². The highest BCUT2D eigenvalue weighted by molar-refractivity contribution is 6.23. The highest BCUT2D eigenvalue weighted by atomic mass is 16.2. The molecule has 3 N–H and O–H groups in total. The van der Waals surface area contributed by atoms with Crippen LogP contribution in [0.5, 0.6) is 0 Å². The van der Waals surface area contributed by atoms with Crippen molar-refractivity contribution in [2.45, 2.75) is 37.8 Å². The molecule has 1 aromatic carbocycles. The number of fused-ring (bicyclic) bond motifs is 1. The predicted molar refractivity (Wildman–Crippen MR) is 92.5 cm³/mol. The van der Waals surface area contributed by atoms with Gasteiger partial charge in [0, 0.05) is 31.2 Å². The SMILES string of the molecule is NC1CCN(c2ccc3c(c2)C(=O)N([C@H]2CCC(=O)NC2=O)C3=O)CC1. The molecule has 0 bridgehead atoms. The number of carbonyl (C=O) groups excluding carboxylic acids is 4. The second kappa shape index (κ2) is 6.21. The van der Waals surface area contributed by atoms with Crippen molar-refractivity contribution in [1.29, 1.82) is 0 Å². The molecular weight excluding hydrogens is 336 g/mol. The molecular formula is C18H20N4O4. The Morgan fingerprint density at radius 3 is 2.35 bits per heavy atom. The third-order valence-electron chi connectivity index (χ3n) is 5.33. The molecule has 0 radical (unpaired) electrons. The van der Waals surface area contributed by atoms with Gasteiger partial charge in [-0.25, -0.2) is 0 Å². The lowest BCUT2D eigenvalue weighted by Gasteiger charge is -2.32. The van der Waals surface area contributed by atoms with Crippen molar-refractivity contribution >= 4 is 29.3 Å². The van der Waals surface area contributed by atoms with Gasteiger partial charge in [-0.3, -0.25) is 29.4 Å². The molecule has 2 fully saturated rings. The molecule has 3 aliphatic rings. The zero-order valence-corrected chi connectivity index (χ0v) is 14.2. The van der Waals surface area contributed by atoms with E-state index in [4.69, 9.17) is 5.73 Å². The van der Waals surface area contributed by atoms with E-state index in [1.807, 2.05) is 6.07 Å². The molecule has 4 amide bonds. The van der Waals surface area contributed by atoms with Crippen molar-refractivity contribution in [2.24, 2.45) is 5.73 Å². The van der Waals surface area contributed by atoms with Crippen LogP contribution in [0.25, 0.3) is 0 Å². The summed E-state index contributed by atoms with van der Waals surface area (Å²) in [7, 11) is 0. The topological polar surface area (TPSA) is 113 Å². The fourth-order valence-corrected chi connectivity index (χ4v) is 3.81. The number of benzene rings is 1. The molecule has 8 heteroatoms. The summed E-state index contributed by atoms with van der Waals surface area (Å²) in [5.74, 6) is -1.93. The van der Waals surface area contributed by atoms with Crippen LogP contribution >= 0.6 is 0 Å². The second-order valence-corrected chi connectivity index (χ2v) is 7.00. The highest BCUT2D eigenvalue weighted by Gasteiger charge is 2.44. The molecule has 26 heavy (non-hydrogen) atoms. The lowest BCUT2D eigenvalue weighted by atomic mass is 10.0. The Morgan fingerprint density at radius 2 is 1.65 bits per heavy atom. The Labute approximate surface area is 150 Å². The van der Waals surface area contributed by atoms with Crippen LogP contribution in [0.1, 0.15) is 46.4 Å². The Kier molecular flexibility index (Phi) is 3.99. The van der Waals surface area contributed by atoms with Crippen molar-refractivity contribution in [3.8, 4) is 0 Å². The van der Waals surface area contributed by atoms with Crippen molar-refractivity contribution < 1.29 is 19.2 Å². The van der Waals surface area contributed by atoms with Gasteiger partial charge in [0.1, 0.15) is 6.04 Å². The molecule has 4 rings (SSSR count). The van der Waals surface area contributed by atoms with E-state index in [1.54, 1.807) is 12.1 Å². The van der Waals surface area contributed by atoms with Gasteiger partial charge in [-0.2, -0.15) is 0 Å². The van der Waals surface area contributed by atoms with Crippen LogP contribution in [0.4, 0.5) is 5.69 Å². The van der Waals surface area contributed by atoms with E-state index in [0.29, 0.717) is 11.1 Å². The maximum absolute atomic E-state index is 12.8. The first-order chi connectivity index (χ1) is 12.5. The summed E-state index contributed by atoms with van der Waals surface area (Å²) < 4.78 is 0. The van der Waals surface area contributed by atoms with E-state index in [-0.39, 0.29) is 24.8 Å². The van der Waals surface area contributed by atoms with Crippen LogP contribution < -0.4 is 16.0 Å². The van der Waals surface area contributed by atoms with Crippen molar-refractivity contribution in [3.63, 3.8) is 0 Å². The summed E-state index contributed by atoms with van der Waals surface area (Å²) in [6.45, 7) is 1.61. The quantitative estimate of drug-likeness (QED) is 0.722. The molecule has 2 saturated heterocycles. The van der Waals surface area contributed by atoms with Crippen LogP contribution in [0, 0.1) is 0 Å². The normalized spacial score (nSPS) is 24.1. The average Bonchev–Trinajstić information content (AvgIpc) is 2.87. The minimum Gasteiger partial charge on any atom is -0.371 e. The Hall–Kier alpha value is -2.74. The highest BCUT2D eigenvalue weighted by Crippen LogP contribution is 2.31. The summed E-state index contributed by atoms with van der Waals surface area (Å²) in [6.07, 6.45) is 2.04. The van der Waals surface area contributed by atoms with E-state index in [9.17, 15) is 19.2 Å². The van der Waals surface area contributed by atoms with Crippen LogP contribution in [-0.2, 0) is 9.59 Å². The van der Waals surface area contributed by atoms with Crippen molar-refractivity contribution in [2.75, 3.05) is 18.0 Å². The monoisotopic (exact) mass is 356 g/mol. The van der Waals surface area contributed by atoms with Gasteiger partial charge in [0.15, 0.2) is 0 Å². The first-order valence-corrected chi connectivity index (χ1v) is 8.82.